The number of allylic oxidation sites excluding steroid dienone is 8. The lowest BCUT2D eigenvalue weighted by atomic mass is 9.79. The summed E-state index contributed by atoms with van der Waals surface area (Å²) in [7, 11) is -17.9. The molecule has 0 saturated carbocycles. The van der Waals surface area contributed by atoms with Crippen LogP contribution in [0.2, 0.25) is 0 Å². The van der Waals surface area contributed by atoms with Crippen molar-refractivity contribution in [2.24, 2.45) is 0 Å². The molecule has 0 aromatic heterocycles. The normalized spacial score (nSPS) is 17.9. The molecule has 1 aliphatic carbocycles. The summed E-state index contributed by atoms with van der Waals surface area (Å²) < 4.78 is 170. The Hall–Kier alpha value is -5.47. The molecule has 0 bridgehead atoms. The second kappa shape index (κ2) is 23.0. The smallest absolute Gasteiger partial charge is 0.303 e. The van der Waals surface area contributed by atoms with Gasteiger partial charge in [0.1, 0.15) is 6.54 Å². The van der Waals surface area contributed by atoms with Crippen LogP contribution in [0.1, 0.15) is 125 Å². The van der Waals surface area contributed by atoms with E-state index in [9.17, 15) is 61.5 Å². The Morgan fingerprint density at radius 3 is 1.96 bits per heavy atom. The van der Waals surface area contributed by atoms with Crippen LogP contribution >= 0.6 is 0 Å². The summed E-state index contributed by atoms with van der Waals surface area (Å²) in [5, 5.41) is 11.5. The molecule has 0 fully saturated rings. The van der Waals surface area contributed by atoms with Gasteiger partial charge in [0.25, 0.3) is 46.4 Å². The number of carboxylic acids is 1. The van der Waals surface area contributed by atoms with E-state index in [4.69, 9.17) is 5.11 Å². The third kappa shape index (κ3) is 14.1. The first-order valence-electron chi connectivity index (χ1n) is 24.2. The van der Waals surface area contributed by atoms with Crippen LogP contribution in [0.4, 0.5) is 20.2 Å². The standard InChI is InChI=1S/C51H61F2N3O15S4/c1-50(2)39-31-35(74(66,67)68)18-22-41(39)55(27-8-10-29-72(60,61)62)43(50)24-16-33-13-12-14-34(46(33)37-20-21-38(48(53)47(37)52)49(59)54-26-7-5-6-15-45(57)58)17-25-44-51(3,4)40-32-36(75(69,70)71)19-23-42(40)56(44)28-9-11-30-73(63,64)65/h16-25,31-32H,5-15,26-30H2,1-4H3,(H5-,54,57,58,59,60,61,62,63,64,65,66,67,68,69,70,71)/p+1. The summed E-state index contributed by atoms with van der Waals surface area (Å²) in [5.41, 5.74) is 1.87. The van der Waals surface area contributed by atoms with Crippen molar-refractivity contribution in [3.8, 4) is 0 Å². The van der Waals surface area contributed by atoms with E-state index >= 15 is 8.78 Å². The predicted molar refractivity (Wildman–Crippen MR) is 278 cm³/mol. The first-order valence-corrected chi connectivity index (χ1v) is 30.3. The number of rotatable bonds is 23. The molecule has 6 rings (SSSR count). The molecule has 18 nitrogen and oxygen atoms in total. The van der Waals surface area contributed by atoms with Gasteiger partial charge in [0, 0.05) is 66.0 Å². The minimum absolute atomic E-state index is 0.0579. The molecule has 6 N–H and O–H groups in total. The van der Waals surface area contributed by atoms with Gasteiger partial charge in [-0.05, 0) is 130 Å². The molecule has 3 aromatic carbocycles. The van der Waals surface area contributed by atoms with E-state index < -0.39 is 91.9 Å². The van der Waals surface area contributed by atoms with Gasteiger partial charge in [0.2, 0.25) is 5.69 Å². The molecule has 3 aliphatic rings. The Morgan fingerprint density at radius 1 is 0.707 bits per heavy atom. The van der Waals surface area contributed by atoms with E-state index in [1.807, 2.05) is 37.2 Å². The van der Waals surface area contributed by atoms with E-state index in [-0.39, 0.29) is 72.7 Å². The first kappa shape index (κ1) is 58.8. The molecular weight excluding hydrogens is 1060 g/mol. The van der Waals surface area contributed by atoms with Gasteiger partial charge in [-0.1, -0.05) is 38.5 Å². The van der Waals surface area contributed by atoms with Gasteiger partial charge in [-0.25, -0.2) is 8.78 Å². The van der Waals surface area contributed by atoms with Crippen LogP contribution in [0.25, 0.3) is 5.57 Å². The van der Waals surface area contributed by atoms with Crippen molar-refractivity contribution in [3.63, 3.8) is 0 Å². The second-order valence-electron chi connectivity index (χ2n) is 19.8. The number of hydrogen-bond acceptors (Lipinski definition) is 11. The SMILES string of the molecule is CC1(C)C(/C=C/C2=C(c3ccc(C(=O)NCCCCCC(=O)O)c(F)c3F)C(=C/C=C3/N(CCCCS(=O)(=O)O)c4ccc(S(=O)(=O)O)cc4C3(C)C)/CCC2)=[N+](CCCCS(=O)(=O)O)c2ccc(S(=O)(=O)O)cc21. The Labute approximate surface area is 436 Å². The number of benzene rings is 3. The second-order valence-corrected chi connectivity index (χ2v) is 25.8. The molecule has 2 aliphatic heterocycles. The fraction of sp³-hybridized carbons (Fsp3) is 0.431. The average Bonchev–Trinajstić information content (AvgIpc) is 3.65. The third-order valence-corrected chi connectivity index (χ3v) is 17.1. The molecule has 3 aromatic rings. The minimum atomic E-state index is -4.64. The first-order chi connectivity index (χ1) is 34.8. The minimum Gasteiger partial charge on any atom is -0.481 e. The number of hydrogen-bond donors (Lipinski definition) is 6. The van der Waals surface area contributed by atoms with Crippen molar-refractivity contribution < 1.29 is 79.9 Å². The lowest BCUT2D eigenvalue weighted by Crippen LogP contribution is -2.28. The summed E-state index contributed by atoms with van der Waals surface area (Å²) in [6, 6.07) is 10.6. The summed E-state index contributed by atoms with van der Waals surface area (Å²) in [6.07, 6.45) is 9.90. The van der Waals surface area contributed by atoms with E-state index in [0.29, 0.717) is 83.6 Å². The van der Waals surface area contributed by atoms with Gasteiger partial charge in [0.05, 0.1) is 32.3 Å². The maximum atomic E-state index is 16.9. The number of carbonyl (C=O) groups excluding carboxylic acids is 1. The molecule has 0 unspecified atom stereocenters. The Bertz CT molecular complexity index is 3400. The van der Waals surface area contributed by atoms with Gasteiger partial charge >= 0.3 is 5.97 Å². The molecule has 408 valence electrons. The van der Waals surface area contributed by atoms with Crippen LogP contribution in [0.5, 0.6) is 0 Å². The highest BCUT2D eigenvalue weighted by atomic mass is 32.2. The van der Waals surface area contributed by atoms with E-state index in [2.05, 4.69) is 5.32 Å². The van der Waals surface area contributed by atoms with Gasteiger partial charge in [-0.2, -0.15) is 38.2 Å². The summed E-state index contributed by atoms with van der Waals surface area (Å²) in [6.45, 7) is 7.73. The highest BCUT2D eigenvalue weighted by Gasteiger charge is 2.45. The lowest BCUT2D eigenvalue weighted by Gasteiger charge is -2.28. The Morgan fingerprint density at radius 2 is 1.33 bits per heavy atom. The number of carbonyl (C=O) groups is 2. The van der Waals surface area contributed by atoms with Crippen molar-refractivity contribution >= 4 is 75.0 Å². The number of amides is 1. The number of halogens is 2. The molecule has 1 amide bonds. The number of unbranched alkanes of at least 4 members (excludes halogenated alkanes) is 4. The maximum absolute atomic E-state index is 16.9. The van der Waals surface area contributed by atoms with Crippen LogP contribution in [0.3, 0.4) is 0 Å². The number of aliphatic carboxylic acids is 1. The zero-order valence-electron chi connectivity index (χ0n) is 41.8. The van der Waals surface area contributed by atoms with E-state index in [1.165, 1.54) is 42.5 Å². The fourth-order valence-electron chi connectivity index (χ4n) is 9.98. The van der Waals surface area contributed by atoms with Crippen molar-refractivity contribution in [3.05, 3.63) is 124 Å². The van der Waals surface area contributed by atoms with Gasteiger partial charge in [-0.3, -0.25) is 27.8 Å². The number of anilines is 1. The average molecular weight is 1120 g/mol. The molecule has 24 heteroatoms. The summed E-state index contributed by atoms with van der Waals surface area (Å²) in [5.74, 6) is -5.64. The molecule has 0 saturated heterocycles. The Kier molecular flexibility index (Phi) is 18.0. The molecule has 75 heavy (non-hydrogen) atoms. The summed E-state index contributed by atoms with van der Waals surface area (Å²) >= 11 is 0. The third-order valence-electron chi connectivity index (χ3n) is 13.8. The van der Waals surface area contributed by atoms with Crippen LogP contribution in [0.15, 0.2) is 99.5 Å². The van der Waals surface area contributed by atoms with Crippen LogP contribution in [0, 0.1) is 11.6 Å². The zero-order chi connectivity index (χ0) is 55.5. The fourth-order valence-corrected chi connectivity index (χ4v) is 12.1. The molecular formula is C51H62F2N3O15S4+. The topological polar surface area (TPSA) is 290 Å². The van der Waals surface area contributed by atoms with Gasteiger partial charge in [0.15, 0.2) is 17.3 Å². The van der Waals surface area contributed by atoms with Crippen LogP contribution < -0.4 is 10.2 Å². The lowest BCUT2D eigenvalue weighted by molar-refractivity contribution is -0.438. The van der Waals surface area contributed by atoms with Crippen molar-refractivity contribution in [2.45, 2.75) is 119 Å². The van der Waals surface area contributed by atoms with Crippen molar-refractivity contribution in [1.29, 1.82) is 0 Å². The highest BCUT2D eigenvalue weighted by Crippen LogP contribution is 2.49. The molecule has 0 atom stereocenters. The summed E-state index contributed by atoms with van der Waals surface area (Å²) in [4.78, 5) is 25.3. The Balaban J connectivity index is 1.51. The zero-order valence-corrected chi connectivity index (χ0v) is 45.1. The number of carboxylic acid groups (broad SMARTS) is 1. The molecule has 0 spiro atoms. The highest BCUT2D eigenvalue weighted by molar-refractivity contribution is 7.86. The maximum Gasteiger partial charge on any atom is 0.303 e. The largest absolute Gasteiger partial charge is 0.481 e. The van der Waals surface area contributed by atoms with Gasteiger partial charge < -0.3 is 15.3 Å². The van der Waals surface area contributed by atoms with Crippen LogP contribution in [-0.4, -0.2) is 110 Å². The molecule has 0 radical (unpaired) electrons. The number of fused-ring (bicyclic) bond motifs is 2. The van der Waals surface area contributed by atoms with Crippen LogP contribution in [-0.2, 0) is 56.1 Å². The van der Waals surface area contributed by atoms with Crippen molar-refractivity contribution in [2.75, 3.05) is 36.0 Å². The number of nitrogens with one attached hydrogen (secondary N) is 1. The van der Waals surface area contributed by atoms with Gasteiger partial charge in [-0.15, -0.1) is 0 Å². The monoisotopic (exact) mass is 1120 g/mol. The van der Waals surface area contributed by atoms with E-state index in [0.717, 1.165) is 6.07 Å². The molecule has 2 heterocycles. The predicted octanol–water partition coefficient (Wildman–Crippen LogP) is 8.35. The quantitative estimate of drug-likeness (QED) is 0.0295. The van der Waals surface area contributed by atoms with E-state index in [1.54, 1.807) is 24.3 Å². The number of nitrogens with zero attached hydrogens (tertiary/aromatic N) is 2. The van der Waals surface area contributed by atoms with Crippen molar-refractivity contribution in [1.82, 2.24) is 5.32 Å².